The Morgan fingerprint density at radius 1 is 1.07 bits per heavy atom. The summed E-state index contributed by atoms with van der Waals surface area (Å²) in [5.41, 5.74) is 2.91. The van der Waals surface area contributed by atoms with Crippen LogP contribution in [0.4, 0.5) is 22.7 Å². The smallest absolute Gasteiger partial charge is 0.253 e. The molecule has 4 N–H and O–H groups in total. The monoisotopic (exact) mass is 374 g/mol. The number of nitrogens with zero attached hydrogens (tertiary/aromatic N) is 1. The van der Waals surface area contributed by atoms with Gasteiger partial charge in [-0.2, -0.15) is 0 Å². The van der Waals surface area contributed by atoms with Crippen LogP contribution in [0.15, 0.2) is 33.9 Å². The zero-order valence-electron chi connectivity index (χ0n) is 15.8. The Bertz CT molecular complexity index is 838. The van der Waals surface area contributed by atoms with E-state index in [1.54, 1.807) is 5.48 Å². The molecule has 0 saturated carbocycles. The van der Waals surface area contributed by atoms with Gasteiger partial charge in [-0.25, -0.2) is 5.48 Å². The molecule has 8 nitrogen and oxygen atoms in total. The van der Waals surface area contributed by atoms with E-state index in [4.69, 9.17) is 5.21 Å². The number of rotatable bonds is 10. The highest BCUT2D eigenvalue weighted by Gasteiger charge is 2.22. The molecule has 2 aromatic carbocycles. The van der Waals surface area contributed by atoms with E-state index >= 15 is 0 Å². The third kappa shape index (κ3) is 5.30. The van der Waals surface area contributed by atoms with E-state index in [-0.39, 0.29) is 18.2 Å². The molecule has 0 aliphatic carbocycles. The molecule has 0 fully saturated rings. The number of hydroxylamine groups is 1. The summed E-state index contributed by atoms with van der Waals surface area (Å²) < 4.78 is 0. The first-order chi connectivity index (χ1) is 12.8. The summed E-state index contributed by atoms with van der Waals surface area (Å²) in [4.78, 5) is 36.8. The molecule has 146 valence electrons. The van der Waals surface area contributed by atoms with Gasteiger partial charge in [0.1, 0.15) is 11.4 Å². The molecule has 0 radical (unpaired) electrons. The zero-order valence-corrected chi connectivity index (χ0v) is 15.8. The molecule has 0 spiro atoms. The van der Waals surface area contributed by atoms with E-state index in [0.717, 1.165) is 24.2 Å². The average molecular weight is 374 g/mol. The second-order valence-corrected chi connectivity index (χ2v) is 6.80. The topological polar surface area (TPSA) is 111 Å². The Morgan fingerprint density at radius 3 is 2.30 bits per heavy atom. The van der Waals surface area contributed by atoms with Gasteiger partial charge in [0, 0.05) is 37.9 Å². The van der Waals surface area contributed by atoms with Crippen molar-refractivity contribution in [3.63, 3.8) is 0 Å². The fourth-order valence-corrected chi connectivity index (χ4v) is 2.75. The molecule has 0 saturated heterocycles. The molecule has 8 heteroatoms. The van der Waals surface area contributed by atoms with E-state index < -0.39 is 16.8 Å². The Balaban J connectivity index is 1.93. The number of nitrogens with one attached hydrogen (secondary N) is 3. The van der Waals surface area contributed by atoms with Crippen LogP contribution in [0.3, 0.4) is 0 Å². The van der Waals surface area contributed by atoms with Crippen molar-refractivity contribution in [3.8, 4) is 0 Å². The predicted octanol–water partition coefficient (Wildman–Crippen LogP) is 1.96. The van der Waals surface area contributed by atoms with Gasteiger partial charge in [0.25, 0.3) is 10.9 Å². The second-order valence-electron chi connectivity index (χ2n) is 6.80. The largest absolute Gasteiger partial charge is 0.378 e. The Morgan fingerprint density at radius 2 is 1.70 bits per heavy atom. The lowest BCUT2D eigenvalue weighted by Gasteiger charge is -2.20. The third-order valence-corrected chi connectivity index (χ3v) is 4.37. The zero-order chi connectivity index (χ0) is 20.0. The van der Waals surface area contributed by atoms with E-state index in [9.17, 15) is 14.4 Å². The molecule has 2 rings (SSSR count). The average Bonchev–Trinajstić information content (AvgIpc) is 2.67. The van der Waals surface area contributed by atoms with Crippen molar-refractivity contribution >= 4 is 28.7 Å². The van der Waals surface area contributed by atoms with Crippen molar-refractivity contribution in [2.75, 3.05) is 29.6 Å². The standard InChI is InChI=1S/C19H26N4O4/c1-12(6-4-5-7-15(24)22-27)20-16-17(19(26)18(16)25)21-13-8-10-14(11-9-13)23(2)3/h8-12,20-21,27H,4-7H2,1-3H3,(H,22,24)/t12-/m1/s1. The summed E-state index contributed by atoms with van der Waals surface area (Å²) in [5.74, 6) is -0.412. The summed E-state index contributed by atoms with van der Waals surface area (Å²) in [5, 5.41) is 14.6. The number of hydrogen-bond donors (Lipinski definition) is 4. The fraction of sp³-hybridized carbons (Fsp3) is 0.421. The maximum absolute atomic E-state index is 11.9. The summed E-state index contributed by atoms with van der Waals surface area (Å²) in [6, 6.07) is 7.53. The molecule has 1 atom stereocenters. The van der Waals surface area contributed by atoms with E-state index in [2.05, 4.69) is 10.6 Å². The number of amides is 1. The van der Waals surface area contributed by atoms with Crippen LogP contribution < -0.4 is 31.9 Å². The molecule has 27 heavy (non-hydrogen) atoms. The lowest BCUT2D eigenvalue weighted by Crippen LogP contribution is -2.38. The van der Waals surface area contributed by atoms with Crippen LogP contribution in [0.25, 0.3) is 0 Å². The van der Waals surface area contributed by atoms with Crippen LogP contribution in [-0.2, 0) is 4.79 Å². The van der Waals surface area contributed by atoms with Gasteiger partial charge in [-0.3, -0.25) is 19.6 Å². The number of unbranched alkanes of at least 4 members (excludes halogenated alkanes) is 1. The first-order valence-electron chi connectivity index (χ1n) is 8.90. The molecule has 0 aromatic heterocycles. The highest BCUT2D eigenvalue weighted by atomic mass is 16.5. The minimum atomic E-state index is -0.527. The Kier molecular flexibility index (Phi) is 6.95. The van der Waals surface area contributed by atoms with Gasteiger partial charge in [-0.1, -0.05) is 6.42 Å². The first kappa shape index (κ1) is 20.4. The van der Waals surface area contributed by atoms with Gasteiger partial charge in [-0.05, 0) is 44.0 Å². The minimum Gasteiger partial charge on any atom is -0.378 e. The van der Waals surface area contributed by atoms with E-state index in [0.29, 0.717) is 12.1 Å². The molecule has 0 aliphatic heterocycles. The van der Waals surface area contributed by atoms with Crippen LogP contribution in [0.2, 0.25) is 0 Å². The van der Waals surface area contributed by atoms with Crippen molar-refractivity contribution in [2.24, 2.45) is 0 Å². The second kappa shape index (κ2) is 9.18. The summed E-state index contributed by atoms with van der Waals surface area (Å²) in [6.45, 7) is 1.92. The van der Waals surface area contributed by atoms with Gasteiger partial charge < -0.3 is 15.5 Å². The molecule has 0 aliphatic rings. The molecule has 1 amide bonds. The molecule has 0 bridgehead atoms. The maximum Gasteiger partial charge on any atom is 0.253 e. The third-order valence-electron chi connectivity index (χ3n) is 4.37. The van der Waals surface area contributed by atoms with Gasteiger partial charge in [0.2, 0.25) is 5.91 Å². The van der Waals surface area contributed by atoms with Crippen LogP contribution >= 0.6 is 0 Å². The van der Waals surface area contributed by atoms with E-state index in [1.807, 2.05) is 50.2 Å². The van der Waals surface area contributed by atoms with Crippen molar-refractivity contribution in [3.05, 3.63) is 44.7 Å². The Hall–Kier alpha value is -2.87. The van der Waals surface area contributed by atoms with Gasteiger partial charge in [0.05, 0.1) is 0 Å². The summed E-state index contributed by atoms with van der Waals surface area (Å²) in [6.07, 6.45) is 2.37. The SMILES string of the molecule is C[C@H](CCCCC(=O)NO)Nc1c(Nc2ccc(N(C)C)cc2)c(=O)c1=O. The van der Waals surface area contributed by atoms with Crippen LogP contribution in [-0.4, -0.2) is 31.3 Å². The van der Waals surface area contributed by atoms with Gasteiger partial charge in [-0.15, -0.1) is 0 Å². The Labute approximate surface area is 157 Å². The van der Waals surface area contributed by atoms with Gasteiger partial charge in [0.15, 0.2) is 0 Å². The highest BCUT2D eigenvalue weighted by molar-refractivity contribution is 5.79. The quantitative estimate of drug-likeness (QED) is 0.218. The maximum atomic E-state index is 11.9. The normalized spacial score (nSPS) is 11.9. The first-order valence-corrected chi connectivity index (χ1v) is 8.90. The summed E-state index contributed by atoms with van der Waals surface area (Å²) >= 11 is 0. The van der Waals surface area contributed by atoms with Crippen molar-refractivity contribution in [1.82, 2.24) is 5.48 Å². The van der Waals surface area contributed by atoms with Crippen LogP contribution in [0.1, 0.15) is 32.6 Å². The van der Waals surface area contributed by atoms with E-state index in [1.165, 1.54) is 0 Å². The van der Waals surface area contributed by atoms with Crippen molar-refractivity contribution < 1.29 is 10.0 Å². The van der Waals surface area contributed by atoms with Crippen molar-refractivity contribution in [1.29, 1.82) is 0 Å². The van der Waals surface area contributed by atoms with Crippen LogP contribution in [0, 0.1) is 0 Å². The lowest BCUT2D eigenvalue weighted by atomic mass is 10.1. The number of carbonyl (C=O) groups is 1. The number of hydrogen-bond acceptors (Lipinski definition) is 7. The van der Waals surface area contributed by atoms with Gasteiger partial charge >= 0.3 is 0 Å². The van der Waals surface area contributed by atoms with Crippen LogP contribution in [0.5, 0.6) is 0 Å². The highest BCUT2D eigenvalue weighted by Crippen LogP contribution is 2.23. The number of benzene rings is 1. The fourth-order valence-electron chi connectivity index (χ4n) is 2.75. The molecule has 2 aromatic rings. The lowest BCUT2D eigenvalue weighted by molar-refractivity contribution is -0.129. The molecule has 0 unspecified atom stereocenters. The summed E-state index contributed by atoms with van der Waals surface area (Å²) in [7, 11) is 3.89. The number of anilines is 4. The molecule has 0 heterocycles. The number of carbonyl (C=O) groups excluding carboxylic acids is 1. The van der Waals surface area contributed by atoms with Crippen molar-refractivity contribution in [2.45, 2.75) is 38.6 Å². The molecular formula is C19H26N4O4. The molecular weight excluding hydrogens is 348 g/mol. The minimum absolute atomic E-state index is 0.0258. The predicted molar refractivity (Wildman–Crippen MR) is 107 cm³/mol.